The van der Waals surface area contributed by atoms with Gasteiger partial charge in [0.1, 0.15) is 17.6 Å². The first kappa shape index (κ1) is 24.3. The molecule has 8 nitrogen and oxygen atoms in total. The van der Waals surface area contributed by atoms with Gasteiger partial charge in [0.25, 0.3) is 11.7 Å². The summed E-state index contributed by atoms with van der Waals surface area (Å²) in [5, 5.41) is 11.4. The second-order valence-corrected chi connectivity index (χ2v) is 9.89. The zero-order valence-corrected chi connectivity index (χ0v) is 21.1. The molecule has 0 bridgehead atoms. The van der Waals surface area contributed by atoms with E-state index in [0.717, 1.165) is 42.1 Å². The number of carbonyl (C=O) groups is 2. The predicted molar refractivity (Wildman–Crippen MR) is 137 cm³/mol. The summed E-state index contributed by atoms with van der Waals surface area (Å²) in [5.74, 6) is -0.585. The molecule has 190 valence electrons. The summed E-state index contributed by atoms with van der Waals surface area (Å²) in [6, 6.07) is 12.6. The molecule has 0 aliphatic carbocycles. The third-order valence-corrected chi connectivity index (χ3v) is 7.20. The van der Waals surface area contributed by atoms with Crippen molar-refractivity contribution >= 4 is 23.1 Å². The largest absolute Gasteiger partial charge is 0.507 e. The average molecular weight is 492 g/mol. The Morgan fingerprint density at radius 2 is 1.78 bits per heavy atom. The van der Waals surface area contributed by atoms with Crippen molar-refractivity contribution in [2.75, 3.05) is 58.4 Å². The first-order chi connectivity index (χ1) is 17.3. The first-order valence-electron chi connectivity index (χ1n) is 12.5. The molecule has 2 aromatic rings. The number of hydrogen-bond donors (Lipinski definition) is 1. The lowest BCUT2D eigenvalue weighted by Gasteiger charge is -2.31. The second kappa shape index (κ2) is 9.95. The van der Waals surface area contributed by atoms with Crippen LogP contribution in [0, 0.1) is 0 Å². The van der Waals surface area contributed by atoms with Crippen molar-refractivity contribution in [3.63, 3.8) is 0 Å². The fourth-order valence-corrected chi connectivity index (χ4v) is 5.21. The Morgan fingerprint density at radius 1 is 1.06 bits per heavy atom. The van der Waals surface area contributed by atoms with E-state index in [0.29, 0.717) is 31.9 Å². The van der Waals surface area contributed by atoms with Crippen LogP contribution in [-0.2, 0) is 20.7 Å². The van der Waals surface area contributed by atoms with E-state index in [4.69, 9.17) is 9.47 Å². The Bertz CT molecular complexity index is 1180. The smallest absolute Gasteiger partial charge is 0.295 e. The van der Waals surface area contributed by atoms with Crippen LogP contribution in [0.25, 0.3) is 5.76 Å². The molecule has 2 atom stereocenters. The SMILES string of the molecule is C[C@H]1Cc2cc(/C(O)=C3\C(=O)C(=O)N(CCN4CCOCC4)[C@H]3c3ccc(N(C)C)cc3)ccc2O1. The number of nitrogens with zero attached hydrogens (tertiary/aromatic N) is 3. The van der Waals surface area contributed by atoms with Gasteiger partial charge in [-0.15, -0.1) is 0 Å². The number of likely N-dealkylation sites (tertiary alicyclic amines) is 1. The number of amides is 1. The minimum Gasteiger partial charge on any atom is -0.507 e. The van der Waals surface area contributed by atoms with E-state index in [1.54, 1.807) is 11.0 Å². The van der Waals surface area contributed by atoms with Gasteiger partial charge in [-0.05, 0) is 48.4 Å². The van der Waals surface area contributed by atoms with Crippen LogP contribution in [0.3, 0.4) is 0 Å². The number of carbonyl (C=O) groups excluding carboxylic acids is 2. The maximum absolute atomic E-state index is 13.4. The fourth-order valence-electron chi connectivity index (χ4n) is 5.21. The van der Waals surface area contributed by atoms with Crippen LogP contribution >= 0.6 is 0 Å². The zero-order valence-electron chi connectivity index (χ0n) is 21.1. The number of morpholine rings is 1. The maximum Gasteiger partial charge on any atom is 0.295 e. The quantitative estimate of drug-likeness (QED) is 0.378. The Balaban J connectivity index is 1.53. The fraction of sp³-hybridized carbons (Fsp3) is 0.429. The highest BCUT2D eigenvalue weighted by atomic mass is 16.5. The molecule has 8 heteroatoms. The lowest BCUT2D eigenvalue weighted by atomic mass is 9.94. The highest BCUT2D eigenvalue weighted by Gasteiger charge is 2.46. The Hall–Kier alpha value is -3.36. The molecule has 3 aliphatic heterocycles. The van der Waals surface area contributed by atoms with Crippen LogP contribution in [0.15, 0.2) is 48.0 Å². The van der Waals surface area contributed by atoms with Crippen LogP contribution in [0.2, 0.25) is 0 Å². The van der Waals surface area contributed by atoms with Crippen LogP contribution in [-0.4, -0.2) is 86.2 Å². The van der Waals surface area contributed by atoms with Gasteiger partial charge in [0.05, 0.1) is 24.8 Å². The molecule has 0 aromatic heterocycles. The summed E-state index contributed by atoms with van der Waals surface area (Å²) >= 11 is 0. The van der Waals surface area contributed by atoms with Crippen molar-refractivity contribution in [1.82, 2.24) is 9.80 Å². The number of ether oxygens (including phenoxy) is 2. The van der Waals surface area contributed by atoms with Gasteiger partial charge in [-0.25, -0.2) is 0 Å². The summed E-state index contributed by atoms with van der Waals surface area (Å²) in [5.41, 5.74) is 3.44. The first-order valence-corrected chi connectivity index (χ1v) is 12.5. The van der Waals surface area contributed by atoms with Gasteiger partial charge in [-0.3, -0.25) is 14.5 Å². The van der Waals surface area contributed by atoms with Gasteiger partial charge in [0.2, 0.25) is 0 Å². The topological polar surface area (TPSA) is 82.5 Å². The van der Waals surface area contributed by atoms with Crippen molar-refractivity contribution in [3.8, 4) is 5.75 Å². The molecule has 2 aromatic carbocycles. The highest BCUT2D eigenvalue weighted by Crippen LogP contribution is 2.41. The lowest BCUT2D eigenvalue weighted by Crippen LogP contribution is -2.42. The molecule has 0 radical (unpaired) electrons. The van der Waals surface area contributed by atoms with Crippen molar-refractivity contribution in [2.45, 2.75) is 25.5 Å². The van der Waals surface area contributed by atoms with Gasteiger partial charge in [0.15, 0.2) is 0 Å². The summed E-state index contributed by atoms with van der Waals surface area (Å²) in [6.45, 7) is 5.93. The molecule has 0 spiro atoms. The Morgan fingerprint density at radius 3 is 2.47 bits per heavy atom. The van der Waals surface area contributed by atoms with Crippen LogP contribution in [0.5, 0.6) is 5.75 Å². The normalized spacial score (nSPS) is 23.6. The number of fused-ring (bicyclic) bond motifs is 1. The van der Waals surface area contributed by atoms with Crippen LogP contribution in [0.4, 0.5) is 5.69 Å². The van der Waals surface area contributed by atoms with Gasteiger partial charge in [-0.2, -0.15) is 0 Å². The Labute approximate surface area is 211 Å². The molecule has 2 fully saturated rings. The number of ketones is 1. The van der Waals surface area contributed by atoms with E-state index >= 15 is 0 Å². The molecule has 3 heterocycles. The number of rotatable bonds is 6. The summed E-state index contributed by atoms with van der Waals surface area (Å²) in [4.78, 5) is 32.5. The van der Waals surface area contributed by atoms with E-state index in [1.807, 2.05) is 62.3 Å². The third-order valence-electron chi connectivity index (χ3n) is 7.20. The molecular formula is C28H33N3O5. The van der Waals surface area contributed by atoms with E-state index in [-0.39, 0.29) is 17.4 Å². The summed E-state index contributed by atoms with van der Waals surface area (Å²) in [6.07, 6.45) is 0.804. The lowest BCUT2D eigenvalue weighted by molar-refractivity contribution is -0.140. The molecule has 0 saturated carbocycles. The van der Waals surface area contributed by atoms with Crippen molar-refractivity contribution in [1.29, 1.82) is 0 Å². The van der Waals surface area contributed by atoms with Crippen molar-refractivity contribution in [2.24, 2.45) is 0 Å². The number of aliphatic hydroxyl groups is 1. The molecule has 3 aliphatic rings. The van der Waals surface area contributed by atoms with Crippen molar-refractivity contribution < 1.29 is 24.2 Å². The summed E-state index contributed by atoms with van der Waals surface area (Å²) in [7, 11) is 3.92. The maximum atomic E-state index is 13.4. The van der Waals surface area contributed by atoms with Gasteiger partial charge in [-0.1, -0.05) is 12.1 Å². The molecule has 5 rings (SSSR count). The number of anilines is 1. The summed E-state index contributed by atoms with van der Waals surface area (Å²) < 4.78 is 11.2. The number of benzene rings is 2. The standard InChI is InChI=1S/C28H33N3O5/c1-18-16-21-17-20(6-9-23(21)36-18)26(32)24-25(19-4-7-22(8-5-19)29(2)3)31(28(34)27(24)33)11-10-30-12-14-35-15-13-30/h4-9,17-18,25,32H,10-16H2,1-3H3/b26-24+/t18-,25-/m0/s1. The van der Waals surface area contributed by atoms with E-state index in [2.05, 4.69) is 4.90 Å². The number of aliphatic hydroxyl groups excluding tert-OH is 1. The molecule has 0 unspecified atom stereocenters. The van der Waals surface area contributed by atoms with E-state index in [9.17, 15) is 14.7 Å². The van der Waals surface area contributed by atoms with Crippen LogP contribution in [0.1, 0.15) is 29.7 Å². The minimum atomic E-state index is -0.661. The molecular weight excluding hydrogens is 458 g/mol. The van der Waals surface area contributed by atoms with E-state index in [1.165, 1.54) is 0 Å². The van der Waals surface area contributed by atoms with Crippen molar-refractivity contribution in [3.05, 3.63) is 64.7 Å². The monoisotopic (exact) mass is 491 g/mol. The molecule has 1 N–H and O–H groups in total. The molecule has 1 amide bonds. The minimum absolute atomic E-state index is 0.0679. The van der Waals surface area contributed by atoms with Gasteiger partial charge >= 0.3 is 0 Å². The Kier molecular flexibility index (Phi) is 6.73. The van der Waals surface area contributed by atoms with Gasteiger partial charge < -0.3 is 24.4 Å². The zero-order chi connectivity index (χ0) is 25.4. The van der Waals surface area contributed by atoms with E-state index < -0.39 is 17.7 Å². The average Bonchev–Trinajstić information content (AvgIpc) is 3.38. The molecule has 2 saturated heterocycles. The van der Waals surface area contributed by atoms with Crippen LogP contribution < -0.4 is 9.64 Å². The molecule has 36 heavy (non-hydrogen) atoms. The second-order valence-electron chi connectivity index (χ2n) is 9.89. The van der Waals surface area contributed by atoms with Gasteiger partial charge in [0, 0.05) is 57.9 Å². The highest BCUT2D eigenvalue weighted by molar-refractivity contribution is 6.46. The third kappa shape index (κ3) is 4.58. The predicted octanol–water partition coefficient (Wildman–Crippen LogP) is 2.83. The number of hydrogen-bond acceptors (Lipinski definition) is 7. The number of Topliss-reactive ketones (excluding diaryl/α,β-unsaturated/α-hetero) is 1.